The number of aliphatic hydroxyl groups excluding tert-OH is 1. The van der Waals surface area contributed by atoms with Crippen LogP contribution in [0.2, 0.25) is 18.1 Å². The lowest BCUT2D eigenvalue weighted by Crippen LogP contribution is -2.41. The van der Waals surface area contributed by atoms with Gasteiger partial charge in [-0.3, -0.25) is 4.68 Å². The molecule has 1 saturated carbocycles. The molecule has 0 unspecified atom stereocenters. The molecule has 0 bridgehead atoms. The minimum absolute atomic E-state index is 0.204. The average Bonchev–Trinajstić information content (AvgIpc) is 3.07. The van der Waals surface area contributed by atoms with Gasteiger partial charge in [-0.1, -0.05) is 20.8 Å². The Labute approximate surface area is 184 Å². The van der Waals surface area contributed by atoms with Crippen molar-refractivity contribution < 1.29 is 14.3 Å². The molecular formula is C22H35BrN2O3Si. The maximum absolute atomic E-state index is 9.35. The largest absolute Gasteiger partial charge is 0.490 e. The van der Waals surface area contributed by atoms with Crippen molar-refractivity contribution in [2.45, 2.75) is 70.6 Å². The fourth-order valence-electron chi connectivity index (χ4n) is 3.60. The molecule has 3 rings (SSSR count). The van der Waals surface area contributed by atoms with E-state index in [1.807, 2.05) is 6.07 Å². The summed E-state index contributed by atoms with van der Waals surface area (Å²) in [6.07, 6.45) is 6.44. The second-order valence-corrected chi connectivity index (χ2v) is 15.4. The second kappa shape index (κ2) is 9.08. The van der Waals surface area contributed by atoms with Crippen LogP contribution in [0.1, 0.15) is 52.5 Å². The van der Waals surface area contributed by atoms with E-state index in [1.54, 1.807) is 0 Å². The molecule has 1 N–H and O–H groups in total. The van der Waals surface area contributed by atoms with Gasteiger partial charge < -0.3 is 14.3 Å². The molecule has 0 saturated heterocycles. The third-order valence-corrected chi connectivity index (χ3v) is 11.8. The van der Waals surface area contributed by atoms with Crippen molar-refractivity contribution in [2.24, 2.45) is 5.92 Å². The maximum Gasteiger partial charge on any atom is 0.192 e. The summed E-state index contributed by atoms with van der Waals surface area (Å²) >= 11 is 3.64. The van der Waals surface area contributed by atoms with Crippen LogP contribution >= 0.6 is 15.9 Å². The quantitative estimate of drug-likeness (QED) is 0.392. The minimum Gasteiger partial charge on any atom is -0.490 e. The Balaban J connectivity index is 1.62. The number of hydrogen-bond donors (Lipinski definition) is 1. The Kier molecular flexibility index (Phi) is 7.13. The first-order chi connectivity index (χ1) is 13.6. The van der Waals surface area contributed by atoms with Crippen molar-refractivity contribution >= 4 is 35.2 Å². The molecule has 1 aliphatic rings. The number of nitrogens with zero attached hydrogens (tertiary/aromatic N) is 2. The summed E-state index contributed by atoms with van der Waals surface area (Å²) in [7, 11) is -1.75. The molecule has 1 heterocycles. The number of aliphatic hydroxyl groups is 1. The first kappa shape index (κ1) is 22.8. The fourth-order valence-corrected chi connectivity index (χ4v) is 5.10. The van der Waals surface area contributed by atoms with E-state index in [2.05, 4.69) is 66.7 Å². The summed E-state index contributed by atoms with van der Waals surface area (Å²) < 4.78 is 15.3. The molecule has 0 spiro atoms. The van der Waals surface area contributed by atoms with Gasteiger partial charge in [-0.15, -0.1) is 0 Å². The highest BCUT2D eigenvalue weighted by molar-refractivity contribution is 9.10. The van der Waals surface area contributed by atoms with Crippen LogP contribution < -0.4 is 4.74 Å². The minimum atomic E-state index is -1.75. The number of rotatable bonds is 7. The number of halogens is 1. The van der Waals surface area contributed by atoms with Gasteiger partial charge in [0.1, 0.15) is 12.4 Å². The van der Waals surface area contributed by atoms with Gasteiger partial charge in [0.2, 0.25) is 0 Å². The SMILES string of the molecule is CC(C)(C)[Si](C)(C)OCCOc1cc2nn([C@H]3CC[C@H](CO)CC3)cc2cc1Br. The van der Waals surface area contributed by atoms with Crippen molar-refractivity contribution in [3.63, 3.8) is 0 Å². The van der Waals surface area contributed by atoms with Crippen molar-refractivity contribution in [3.05, 3.63) is 22.8 Å². The van der Waals surface area contributed by atoms with Crippen LogP contribution in [0.4, 0.5) is 0 Å². The van der Waals surface area contributed by atoms with E-state index < -0.39 is 8.32 Å². The highest BCUT2D eigenvalue weighted by Crippen LogP contribution is 2.37. The van der Waals surface area contributed by atoms with Gasteiger partial charge in [-0.25, -0.2) is 0 Å². The molecule has 1 aromatic heterocycles. The zero-order valence-corrected chi connectivity index (χ0v) is 21.0. The van der Waals surface area contributed by atoms with E-state index in [-0.39, 0.29) is 5.04 Å². The van der Waals surface area contributed by atoms with Gasteiger partial charge in [-0.2, -0.15) is 5.10 Å². The second-order valence-electron chi connectivity index (χ2n) is 9.76. The topological polar surface area (TPSA) is 56.5 Å². The Hall–Kier alpha value is -0.893. The molecule has 1 aliphatic carbocycles. The number of hydrogen-bond acceptors (Lipinski definition) is 4. The zero-order chi connectivity index (χ0) is 21.2. The molecule has 5 nitrogen and oxygen atoms in total. The Bertz CT molecular complexity index is 823. The van der Waals surface area contributed by atoms with Gasteiger partial charge in [-0.05, 0) is 71.7 Å². The van der Waals surface area contributed by atoms with E-state index in [9.17, 15) is 5.11 Å². The molecule has 2 aromatic rings. The van der Waals surface area contributed by atoms with Crippen LogP contribution in [-0.2, 0) is 4.43 Å². The third-order valence-electron chi connectivity index (χ3n) is 6.63. The average molecular weight is 484 g/mol. The summed E-state index contributed by atoms with van der Waals surface area (Å²) in [6, 6.07) is 4.52. The predicted molar refractivity (Wildman–Crippen MR) is 124 cm³/mol. The van der Waals surface area contributed by atoms with E-state index >= 15 is 0 Å². The number of benzene rings is 1. The van der Waals surface area contributed by atoms with Gasteiger partial charge >= 0.3 is 0 Å². The van der Waals surface area contributed by atoms with Crippen molar-refractivity contribution in [1.29, 1.82) is 0 Å². The van der Waals surface area contributed by atoms with Crippen LogP contribution in [0, 0.1) is 5.92 Å². The van der Waals surface area contributed by atoms with Crippen LogP contribution in [0.25, 0.3) is 10.9 Å². The molecule has 29 heavy (non-hydrogen) atoms. The van der Waals surface area contributed by atoms with Gasteiger partial charge in [0, 0.05) is 24.3 Å². The molecule has 162 valence electrons. The van der Waals surface area contributed by atoms with Crippen molar-refractivity contribution in [1.82, 2.24) is 9.78 Å². The first-order valence-corrected chi connectivity index (χ1v) is 14.4. The van der Waals surface area contributed by atoms with Crippen LogP contribution in [0.3, 0.4) is 0 Å². The zero-order valence-electron chi connectivity index (χ0n) is 18.4. The lowest BCUT2D eigenvalue weighted by molar-refractivity contribution is 0.165. The molecule has 1 aromatic carbocycles. The van der Waals surface area contributed by atoms with E-state index in [0.717, 1.165) is 46.8 Å². The number of fused-ring (bicyclic) bond motifs is 1. The number of ether oxygens (including phenoxy) is 1. The van der Waals surface area contributed by atoms with Crippen molar-refractivity contribution in [2.75, 3.05) is 19.8 Å². The monoisotopic (exact) mass is 482 g/mol. The predicted octanol–water partition coefficient (Wildman–Crippen LogP) is 5.92. The summed E-state index contributed by atoms with van der Waals surface area (Å²) in [5.41, 5.74) is 0.956. The summed E-state index contributed by atoms with van der Waals surface area (Å²) in [4.78, 5) is 0. The van der Waals surface area contributed by atoms with Gasteiger partial charge in [0.05, 0.1) is 22.6 Å². The van der Waals surface area contributed by atoms with E-state index in [4.69, 9.17) is 14.3 Å². The highest BCUT2D eigenvalue weighted by atomic mass is 79.9. The summed E-state index contributed by atoms with van der Waals surface area (Å²) in [5.74, 6) is 1.27. The standard InChI is InChI=1S/C22H35BrN2O3Si/c1-22(2,3)29(4,5)28-11-10-27-21-13-20-17(12-19(21)23)14-25(24-20)18-8-6-16(15-26)7-9-18/h12-14,16,18,26H,6-11,15H2,1-5H3/t16-,18-. The molecule has 0 radical (unpaired) electrons. The highest BCUT2D eigenvalue weighted by Gasteiger charge is 2.36. The Morgan fingerprint density at radius 1 is 1.17 bits per heavy atom. The lowest BCUT2D eigenvalue weighted by Gasteiger charge is -2.36. The molecule has 0 atom stereocenters. The maximum atomic E-state index is 9.35. The third kappa shape index (κ3) is 5.43. The molecule has 7 heteroatoms. The Morgan fingerprint density at radius 2 is 1.86 bits per heavy atom. The molecule has 0 amide bonds. The Morgan fingerprint density at radius 3 is 2.48 bits per heavy atom. The van der Waals surface area contributed by atoms with E-state index in [1.165, 1.54) is 0 Å². The molecule has 1 fully saturated rings. The van der Waals surface area contributed by atoms with Gasteiger partial charge in [0.15, 0.2) is 8.32 Å². The first-order valence-electron chi connectivity index (χ1n) is 10.7. The molecular weight excluding hydrogens is 448 g/mol. The van der Waals surface area contributed by atoms with Crippen LogP contribution in [0.15, 0.2) is 22.8 Å². The van der Waals surface area contributed by atoms with E-state index in [0.29, 0.717) is 31.8 Å². The number of aromatic nitrogens is 2. The van der Waals surface area contributed by atoms with Gasteiger partial charge in [0.25, 0.3) is 0 Å². The van der Waals surface area contributed by atoms with Crippen LogP contribution in [-0.4, -0.2) is 43.0 Å². The smallest absolute Gasteiger partial charge is 0.192 e. The van der Waals surface area contributed by atoms with Crippen molar-refractivity contribution in [3.8, 4) is 5.75 Å². The lowest BCUT2D eigenvalue weighted by atomic mass is 9.87. The molecule has 0 aliphatic heterocycles. The summed E-state index contributed by atoms with van der Waals surface area (Å²) in [6.45, 7) is 12.7. The van der Waals surface area contributed by atoms with Crippen LogP contribution in [0.5, 0.6) is 5.75 Å². The fraction of sp³-hybridized carbons (Fsp3) is 0.682. The summed E-state index contributed by atoms with van der Waals surface area (Å²) in [5, 5.41) is 15.5. The normalized spacial score (nSPS) is 20.9.